The second-order valence-corrected chi connectivity index (χ2v) is 9.06. The maximum atomic E-state index is 13.3. The number of hydrogen-bond acceptors (Lipinski definition) is 4. The zero-order valence-electron chi connectivity index (χ0n) is 15.0. The van der Waals surface area contributed by atoms with Gasteiger partial charge in [-0.05, 0) is 54.3 Å². The minimum absolute atomic E-state index is 0.279. The quantitative estimate of drug-likeness (QED) is 0.617. The smallest absolute Gasteiger partial charge is 0.243 e. The molecule has 3 aromatic rings. The van der Waals surface area contributed by atoms with Crippen LogP contribution in [-0.4, -0.2) is 24.4 Å². The summed E-state index contributed by atoms with van der Waals surface area (Å²) < 4.78 is 35.4. The topological polar surface area (TPSA) is 51.5 Å². The summed E-state index contributed by atoms with van der Waals surface area (Å²) >= 11 is 1.56. The summed E-state index contributed by atoms with van der Waals surface area (Å²) in [6, 6.07) is 12.7. The lowest BCUT2D eigenvalue weighted by atomic mass is 10.2. The molecule has 0 aliphatic carbocycles. The second kappa shape index (κ2) is 7.65. The van der Waals surface area contributed by atoms with Gasteiger partial charge >= 0.3 is 0 Å². The zero-order valence-corrected chi connectivity index (χ0v) is 16.7. The van der Waals surface area contributed by atoms with Crippen LogP contribution in [0.3, 0.4) is 0 Å². The van der Waals surface area contributed by atoms with E-state index in [1.807, 2.05) is 54.4 Å². The fourth-order valence-electron chi connectivity index (χ4n) is 2.80. The molecule has 0 unspecified atom stereocenters. The van der Waals surface area contributed by atoms with E-state index in [4.69, 9.17) is 4.74 Å². The fourth-order valence-corrected chi connectivity index (χ4v) is 5.08. The maximum absolute atomic E-state index is 13.3. The highest BCUT2D eigenvalue weighted by atomic mass is 32.2. The van der Waals surface area contributed by atoms with Crippen molar-refractivity contribution in [3.8, 4) is 5.75 Å². The van der Waals surface area contributed by atoms with Gasteiger partial charge in [0.05, 0.1) is 18.6 Å². The van der Waals surface area contributed by atoms with Gasteiger partial charge in [-0.1, -0.05) is 6.07 Å². The highest BCUT2D eigenvalue weighted by Crippen LogP contribution is 2.26. The van der Waals surface area contributed by atoms with Gasteiger partial charge in [0.25, 0.3) is 0 Å². The van der Waals surface area contributed by atoms with Crippen LogP contribution < -0.4 is 4.74 Å². The molecule has 3 rings (SSSR count). The molecule has 0 amide bonds. The predicted octanol–water partition coefficient (Wildman–Crippen LogP) is 3.79. The molecule has 0 atom stereocenters. The number of benzene rings is 1. The molecule has 138 valence electrons. The highest BCUT2D eigenvalue weighted by Gasteiger charge is 2.26. The Labute approximate surface area is 158 Å². The number of rotatable bonds is 7. The summed E-state index contributed by atoms with van der Waals surface area (Å²) in [7, 11) is -0.149. The SMILES string of the molecule is COc1ccc(S(=O)(=O)N(Cc2cccs2)Cc2cccn2C)cc1C. The Balaban J connectivity index is 1.98. The molecule has 0 spiro atoms. The number of aryl methyl sites for hydroxylation is 2. The van der Waals surface area contributed by atoms with Crippen LogP contribution in [-0.2, 0) is 30.2 Å². The minimum atomic E-state index is -3.65. The number of hydrogen-bond donors (Lipinski definition) is 0. The Hall–Kier alpha value is -2.09. The van der Waals surface area contributed by atoms with E-state index in [1.165, 1.54) is 4.31 Å². The van der Waals surface area contributed by atoms with Gasteiger partial charge in [-0.15, -0.1) is 11.3 Å². The first-order valence-electron chi connectivity index (χ1n) is 8.19. The van der Waals surface area contributed by atoms with Gasteiger partial charge in [0.2, 0.25) is 10.0 Å². The van der Waals surface area contributed by atoms with Gasteiger partial charge in [-0.2, -0.15) is 4.31 Å². The molecule has 0 bridgehead atoms. The molecule has 2 aromatic heterocycles. The van der Waals surface area contributed by atoms with Crippen molar-refractivity contribution in [2.24, 2.45) is 7.05 Å². The first-order valence-corrected chi connectivity index (χ1v) is 10.5. The van der Waals surface area contributed by atoms with Crippen molar-refractivity contribution >= 4 is 21.4 Å². The third kappa shape index (κ3) is 3.85. The molecular weight excluding hydrogens is 368 g/mol. The minimum Gasteiger partial charge on any atom is -0.496 e. The Kier molecular flexibility index (Phi) is 5.50. The molecule has 1 aromatic carbocycles. The number of thiophene rings is 1. The Morgan fingerprint density at radius 3 is 2.54 bits per heavy atom. The number of ether oxygens (including phenoxy) is 1. The van der Waals surface area contributed by atoms with Gasteiger partial charge < -0.3 is 9.30 Å². The molecule has 5 nitrogen and oxygen atoms in total. The van der Waals surface area contributed by atoms with Crippen molar-refractivity contribution in [2.45, 2.75) is 24.9 Å². The second-order valence-electron chi connectivity index (χ2n) is 6.09. The monoisotopic (exact) mass is 390 g/mol. The highest BCUT2D eigenvalue weighted by molar-refractivity contribution is 7.89. The van der Waals surface area contributed by atoms with Gasteiger partial charge in [0, 0.05) is 30.4 Å². The molecule has 0 radical (unpaired) electrons. The molecule has 0 fully saturated rings. The Morgan fingerprint density at radius 2 is 1.96 bits per heavy atom. The number of aromatic nitrogens is 1. The Morgan fingerprint density at radius 1 is 1.15 bits per heavy atom. The van der Waals surface area contributed by atoms with Gasteiger partial charge in [0.15, 0.2) is 0 Å². The third-order valence-electron chi connectivity index (χ3n) is 4.31. The summed E-state index contributed by atoms with van der Waals surface area (Å²) in [6.07, 6.45) is 1.92. The lowest BCUT2D eigenvalue weighted by molar-refractivity contribution is 0.394. The summed E-state index contributed by atoms with van der Waals surface area (Å²) in [6.45, 7) is 2.50. The van der Waals surface area contributed by atoms with Crippen molar-refractivity contribution in [3.63, 3.8) is 0 Å². The molecule has 0 saturated heterocycles. The van der Waals surface area contributed by atoms with Crippen molar-refractivity contribution in [3.05, 3.63) is 70.2 Å². The number of nitrogens with zero attached hydrogens (tertiary/aromatic N) is 2. The largest absolute Gasteiger partial charge is 0.496 e. The molecule has 7 heteroatoms. The van der Waals surface area contributed by atoms with E-state index in [9.17, 15) is 8.42 Å². The average Bonchev–Trinajstić information content (AvgIpc) is 3.26. The lowest BCUT2D eigenvalue weighted by Crippen LogP contribution is -2.30. The zero-order chi connectivity index (χ0) is 18.7. The van der Waals surface area contributed by atoms with Crippen LogP contribution in [0.25, 0.3) is 0 Å². The summed E-state index contributed by atoms with van der Waals surface area (Å²) in [5, 5.41) is 1.96. The fraction of sp³-hybridized carbons (Fsp3) is 0.263. The molecule has 0 aliphatic rings. The summed E-state index contributed by atoms with van der Waals surface area (Å²) in [5.74, 6) is 0.677. The molecule has 2 heterocycles. The number of sulfonamides is 1. The van der Waals surface area contributed by atoms with E-state index in [0.717, 1.165) is 16.1 Å². The lowest BCUT2D eigenvalue weighted by Gasteiger charge is -2.22. The summed E-state index contributed by atoms with van der Waals surface area (Å²) in [5.41, 5.74) is 1.74. The van der Waals surface area contributed by atoms with Crippen LogP contribution >= 0.6 is 11.3 Å². The van der Waals surface area contributed by atoms with E-state index >= 15 is 0 Å². The third-order valence-corrected chi connectivity index (χ3v) is 6.95. The van der Waals surface area contributed by atoms with Gasteiger partial charge in [-0.3, -0.25) is 0 Å². The van der Waals surface area contributed by atoms with Crippen LogP contribution in [0.5, 0.6) is 5.75 Å². The van der Waals surface area contributed by atoms with Crippen molar-refractivity contribution < 1.29 is 13.2 Å². The molecule has 0 aliphatic heterocycles. The molecule has 0 saturated carbocycles. The normalized spacial score (nSPS) is 11.8. The van der Waals surface area contributed by atoms with Gasteiger partial charge in [0.1, 0.15) is 5.75 Å². The number of methoxy groups -OCH3 is 1. The van der Waals surface area contributed by atoms with E-state index in [-0.39, 0.29) is 4.90 Å². The van der Waals surface area contributed by atoms with Gasteiger partial charge in [-0.25, -0.2) is 8.42 Å². The van der Waals surface area contributed by atoms with Crippen LogP contribution in [0.15, 0.2) is 58.9 Å². The molecule has 0 N–H and O–H groups in total. The van der Waals surface area contributed by atoms with Crippen LogP contribution in [0.1, 0.15) is 16.1 Å². The van der Waals surface area contributed by atoms with E-state index in [2.05, 4.69) is 0 Å². The predicted molar refractivity (Wildman–Crippen MR) is 104 cm³/mol. The van der Waals surface area contributed by atoms with E-state index < -0.39 is 10.0 Å². The standard InChI is InChI=1S/C19H22N2O3S2/c1-15-12-18(8-9-19(15)24-3)26(22,23)21(14-17-7-5-11-25-17)13-16-6-4-10-20(16)2/h4-12H,13-14H2,1-3H3. The first kappa shape index (κ1) is 18.7. The van der Waals surface area contributed by atoms with E-state index in [1.54, 1.807) is 36.6 Å². The van der Waals surface area contributed by atoms with E-state index in [0.29, 0.717) is 18.8 Å². The summed E-state index contributed by atoms with van der Waals surface area (Å²) in [4.78, 5) is 1.29. The van der Waals surface area contributed by atoms with Crippen LogP contribution in [0, 0.1) is 6.92 Å². The van der Waals surface area contributed by atoms with Crippen molar-refractivity contribution in [1.82, 2.24) is 8.87 Å². The average molecular weight is 391 g/mol. The maximum Gasteiger partial charge on any atom is 0.243 e. The first-order chi connectivity index (χ1) is 12.4. The Bertz CT molecular complexity index is 976. The van der Waals surface area contributed by atoms with Crippen molar-refractivity contribution in [2.75, 3.05) is 7.11 Å². The molecular formula is C19H22N2O3S2. The molecule has 26 heavy (non-hydrogen) atoms. The van der Waals surface area contributed by atoms with Crippen LogP contribution in [0.2, 0.25) is 0 Å². The van der Waals surface area contributed by atoms with Crippen molar-refractivity contribution in [1.29, 1.82) is 0 Å². The van der Waals surface area contributed by atoms with Crippen LogP contribution in [0.4, 0.5) is 0 Å².